The second-order valence-corrected chi connectivity index (χ2v) is 14.9. The molecule has 3 saturated heterocycles. The molecular formula is C30H44NO7+. The molecule has 8 heteroatoms. The number of aliphatic hydroxyl groups is 3. The van der Waals surface area contributed by atoms with Crippen molar-refractivity contribution in [3.05, 3.63) is 12.2 Å². The Morgan fingerprint density at radius 3 is 2.39 bits per heavy atom. The molecule has 9 rings (SSSR count). The van der Waals surface area contributed by atoms with Gasteiger partial charge in [-0.2, -0.15) is 0 Å². The maximum Gasteiger partial charge on any atom is 0.308 e. The molecule has 3 heterocycles. The topological polar surface area (TPSA) is 113 Å². The first-order valence-electron chi connectivity index (χ1n) is 14.7. The van der Waals surface area contributed by atoms with E-state index < -0.39 is 46.7 Å². The Bertz CT molecular complexity index is 1140. The van der Waals surface area contributed by atoms with Crippen LogP contribution in [0.1, 0.15) is 60.3 Å². The lowest BCUT2D eigenvalue weighted by Gasteiger charge is -2.66. The fourth-order valence-electron chi connectivity index (χ4n) is 12.5. The van der Waals surface area contributed by atoms with Gasteiger partial charge in [0.2, 0.25) is 0 Å². The van der Waals surface area contributed by atoms with Gasteiger partial charge in [0.05, 0.1) is 36.3 Å². The number of rotatable bonds is 5. The van der Waals surface area contributed by atoms with Crippen LogP contribution < -0.4 is 0 Å². The van der Waals surface area contributed by atoms with Gasteiger partial charge in [0.25, 0.3) is 0 Å². The maximum atomic E-state index is 13.2. The lowest BCUT2D eigenvalue weighted by Crippen LogP contribution is -2.77. The van der Waals surface area contributed by atoms with Gasteiger partial charge in [-0.25, -0.2) is 0 Å². The summed E-state index contributed by atoms with van der Waals surface area (Å²) in [7, 11) is 2.08. The highest BCUT2D eigenvalue weighted by Gasteiger charge is 3.00. The van der Waals surface area contributed by atoms with E-state index in [-0.39, 0.29) is 59.7 Å². The van der Waals surface area contributed by atoms with Gasteiger partial charge >= 0.3 is 11.9 Å². The van der Waals surface area contributed by atoms with Crippen molar-refractivity contribution in [2.45, 2.75) is 103 Å². The van der Waals surface area contributed by atoms with E-state index in [1.165, 1.54) is 0 Å². The summed E-state index contributed by atoms with van der Waals surface area (Å²) in [5, 5.41) is 36.6. The molecule has 16 atom stereocenters. The molecule has 3 N–H and O–H groups in total. The Kier molecular flexibility index (Phi) is 4.85. The number of likely N-dealkylation sites (N-methyl/N-ethyl adjacent to an activating group) is 1. The Balaban J connectivity index is 1.42. The lowest BCUT2D eigenvalue weighted by molar-refractivity contribution is -0.996. The van der Waals surface area contributed by atoms with Gasteiger partial charge in [0.15, 0.2) is 6.23 Å². The molecule has 6 saturated carbocycles. The van der Waals surface area contributed by atoms with Crippen molar-refractivity contribution >= 4 is 11.9 Å². The van der Waals surface area contributed by atoms with Crippen LogP contribution in [0.5, 0.6) is 0 Å². The fourth-order valence-corrected chi connectivity index (χ4v) is 12.5. The first-order valence-corrected chi connectivity index (χ1v) is 14.7. The molecule has 0 aromatic heterocycles. The highest BCUT2D eigenvalue weighted by atomic mass is 16.6. The summed E-state index contributed by atoms with van der Waals surface area (Å²) in [6.45, 7) is 13.9. The molecule has 38 heavy (non-hydrogen) atoms. The van der Waals surface area contributed by atoms with E-state index in [1.807, 2.05) is 27.7 Å². The van der Waals surface area contributed by atoms with Crippen LogP contribution in [0.3, 0.4) is 0 Å². The average molecular weight is 531 g/mol. The number of ether oxygens (including phenoxy) is 2. The van der Waals surface area contributed by atoms with Gasteiger partial charge < -0.3 is 24.8 Å². The third-order valence-electron chi connectivity index (χ3n) is 13.2. The summed E-state index contributed by atoms with van der Waals surface area (Å²) >= 11 is 0. The van der Waals surface area contributed by atoms with Gasteiger partial charge in [-0.05, 0) is 25.7 Å². The van der Waals surface area contributed by atoms with Crippen LogP contribution in [0.2, 0.25) is 0 Å². The van der Waals surface area contributed by atoms with E-state index in [4.69, 9.17) is 9.47 Å². The molecular weight excluding hydrogens is 486 g/mol. The molecule has 9 fully saturated rings. The summed E-state index contributed by atoms with van der Waals surface area (Å²) in [4.78, 5) is 26.0. The van der Waals surface area contributed by atoms with Gasteiger partial charge in [0, 0.05) is 28.6 Å². The van der Waals surface area contributed by atoms with Crippen molar-refractivity contribution in [3.63, 3.8) is 0 Å². The molecule has 2 unspecified atom stereocenters. The predicted octanol–water partition coefficient (Wildman–Crippen LogP) is 2.00. The van der Waals surface area contributed by atoms with Crippen LogP contribution in [0.4, 0.5) is 0 Å². The number of nitrogens with zero attached hydrogens (tertiary/aromatic N) is 1. The highest BCUT2D eigenvalue weighted by molar-refractivity contribution is 5.72. The average Bonchev–Trinajstić information content (AvgIpc) is 3.23. The molecule has 0 radical (unpaired) electrons. The van der Waals surface area contributed by atoms with E-state index in [2.05, 4.69) is 20.6 Å². The number of hydrogen-bond acceptors (Lipinski definition) is 7. The molecule has 8 nitrogen and oxygen atoms in total. The van der Waals surface area contributed by atoms with Gasteiger partial charge in [0.1, 0.15) is 30.4 Å². The van der Waals surface area contributed by atoms with Crippen LogP contribution in [0.25, 0.3) is 0 Å². The normalized spacial score (nSPS) is 59.0. The summed E-state index contributed by atoms with van der Waals surface area (Å²) in [5.74, 6) is -1.86. The SMILES string of the molecule is C=C1C[C@]23C4[C@@H](OC(=O)[C@@H](C)CC)[C@H]1[C@@H](O)[C@H]2[C@]12C[C@@H](OC(=O)C(C)C)C[C@]5(C)[C@H]1[C@H]([C@@H]3O)[N+](C)([C@H]42)[C@H]5O. The quantitative estimate of drug-likeness (QED) is 0.283. The zero-order valence-corrected chi connectivity index (χ0v) is 23.5. The number of quaternary nitrogens is 1. The molecule has 0 aromatic rings. The van der Waals surface area contributed by atoms with Crippen molar-refractivity contribution in [1.82, 2.24) is 0 Å². The largest absolute Gasteiger partial charge is 0.462 e. The Morgan fingerprint density at radius 1 is 1.08 bits per heavy atom. The number of carbonyl (C=O) groups is 2. The Hall–Kier alpha value is -1.48. The fraction of sp³-hybridized carbons (Fsp3) is 0.867. The molecule has 3 aliphatic heterocycles. The van der Waals surface area contributed by atoms with Gasteiger partial charge in [-0.3, -0.25) is 14.1 Å². The first-order chi connectivity index (χ1) is 17.7. The van der Waals surface area contributed by atoms with E-state index in [0.29, 0.717) is 30.2 Å². The molecule has 2 spiro atoms. The van der Waals surface area contributed by atoms with Crippen LogP contribution in [0, 0.1) is 51.8 Å². The highest BCUT2D eigenvalue weighted by Crippen LogP contribution is 2.89. The summed E-state index contributed by atoms with van der Waals surface area (Å²) in [5.41, 5.74) is -0.789. The van der Waals surface area contributed by atoms with E-state index >= 15 is 0 Å². The molecule has 0 amide bonds. The Morgan fingerprint density at radius 2 is 1.76 bits per heavy atom. The maximum absolute atomic E-state index is 13.2. The molecule has 0 aromatic carbocycles. The third kappa shape index (κ3) is 2.31. The summed E-state index contributed by atoms with van der Waals surface area (Å²) < 4.78 is 12.7. The predicted molar refractivity (Wildman–Crippen MR) is 136 cm³/mol. The van der Waals surface area contributed by atoms with Crippen LogP contribution in [-0.4, -0.2) is 81.5 Å². The molecule has 9 aliphatic rings. The minimum atomic E-state index is -0.809. The zero-order valence-electron chi connectivity index (χ0n) is 23.5. The standard InChI is InChI=1S/C30H44NO7/c1-8-13(4)26(35)38-20-16-14(5)9-29-17(20)23-30(22(29)19(16)32)11-15(37-25(34)12(2)3)10-28(6)21(30)18(24(29)33)31(23,7)27(28)36/h12-13,15-24,27,32-33,36H,5,8-11H2,1-4,6-7H3/q+1/t13-,15-,16+,17?,18+,19+,20-,21+,22+,23+,24-,27-,28+,29-,30-,31?/m0/s1. The number of aliphatic hydroxyl groups excluding tert-OH is 3. The summed E-state index contributed by atoms with van der Waals surface area (Å²) in [6, 6.07) is -0.271. The number of hydrogen-bond donors (Lipinski definition) is 3. The second kappa shape index (κ2) is 7.23. The van der Waals surface area contributed by atoms with Crippen LogP contribution >= 0.6 is 0 Å². The van der Waals surface area contributed by atoms with Crippen LogP contribution in [0.15, 0.2) is 12.2 Å². The molecule has 210 valence electrons. The monoisotopic (exact) mass is 530 g/mol. The number of esters is 2. The first kappa shape index (κ1) is 25.5. The van der Waals surface area contributed by atoms with E-state index in [9.17, 15) is 24.9 Å². The summed E-state index contributed by atoms with van der Waals surface area (Å²) in [6.07, 6.45) is -0.824. The zero-order chi connectivity index (χ0) is 27.5. The van der Waals surface area contributed by atoms with Crippen molar-refractivity contribution < 1.29 is 38.9 Å². The number of piperidine rings is 2. The van der Waals surface area contributed by atoms with Crippen molar-refractivity contribution in [3.8, 4) is 0 Å². The molecule has 9 bridgehead atoms. The van der Waals surface area contributed by atoms with Gasteiger partial charge in [-0.1, -0.05) is 46.8 Å². The van der Waals surface area contributed by atoms with E-state index in [0.717, 1.165) is 5.57 Å². The number of fused-ring (bicyclic) bond motifs is 1. The smallest absolute Gasteiger partial charge is 0.308 e. The third-order valence-corrected chi connectivity index (χ3v) is 13.2. The van der Waals surface area contributed by atoms with Gasteiger partial charge in [-0.15, -0.1) is 0 Å². The minimum absolute atomic E-state index is 0.0159. The van der Waals surface area contributed by atoms with Crippen molar-refractivity contribution in [1.29, 1.82) is 0 Å². The Labute approximate surface area is 224 Å². The minimum Gasteiger partial charge on any atom is -0.462 e. The molecule has 6 aliphatic carbocycles. The van der Waals surface area contributed by atoms with Crippen molar-refractivity contribution in [2.75, 3.05) is 7.05 Å². The second-order valence-electron chi connectivity index (χ2n) is 14.9. The van der Waals surface area contributed by atoms with Crippen LogP contribution in [-0.2, 0) is 19.1 Å². The number of carbonyl (C=O) groups excluding carboxylic acids is 2. The van der Waals surface area contributed by atoms with Crippen molar-refractivity contribution in [2.24, 2.45) is 51.8 Å². The lowest BCUT2D eigenvalue weighted by atomic mass is 9.38. The van der Waals surface area contributed by atoms with E-state index in [1.54, 1.807) is 0 Å².